The van der Waals surface area contributed by atoms with Crippen LogP contribution in [0.1, 0.15) is 43.7 Å². The van der Waals surface area contributed by atoms with Crippen LogP contribution in [0.5, 0.6) is 0 Å². The first kappa shape index (κ1) is 15.5. The molecule has 2 aliphatic rings. The van der Waals surface area contributed by atoms with Crippen LogP contribution in [0, 0.1) is 11.8 Å². The Bertz CT molecular complexity index is 544. The number of rotatable bonds is 4. The molecule has 118 valence electrons. The summed E-state index contributed by atoms with van der Waals surface area (Å²) in [6, 6.07) is 8.29. The Morgan fingerprint density at radius 3 is 2.50 bits per heavy atom. The minimum atomic E-state index is -0.101. The summed E-state index contributed by atoms with van der Waals surface area (Å²) in [5.41, 5.74) is 1.17. The second-order valence-electron chi connectivity index (χ2n) is 6.27. The van der Waals surface area contributed by atoms with Crippen LogP contribution in [0.3, 0.4) is 0 Å². The number of nitrogens with one attached hydrogen (secondary N) is 2. The number of hydrogen-bond acceptors (Lipinski definition) is 2. The monoisotopic (exact) mass is 364 g/mol. The zero-order chi connectivity index (χ0) is 15.5. The SMILES string of the molecule is O=C1CC[C@H](C(=O)N[C@@H](c2ccc(Br)cc2)C2CCC2)CN1. The molecule has 1 aromatic rings. The Labute approximate surface area is 139 Å². The average molecular weight is 365 g/mol. The topological polar surface area (TPSA) is 58.2 Å². The molecule has 1 aliphatic carbocycles. The van der Waals surface area contributed by atoms with Gasteiger partial charge in [-0.25, -0.2) is 0 Å². The molecule has 0 spiro atoms. The third-order valence-electron chi connectivity index (χ3n) is 4.78. The van der Waals surface area contributed by atoms with Crippen molar-refractivity contribution in [1.29, 1.82) is 0 Å². The molecular formula is C17H21BrN2O2. The third-order valence-corrected chi connectivity index (χ3v) is 5.31. The first-order valence-corrected chi connectivity index (χ1v) is 8.75. The van der Waals surface area contributed by atoms with E-state index in [9.17, 15) is 9.59 Å². The number of piperidine rings is 1. The van der Waals surface area contributed by atoms with Crippen molar-refractivity contribution >= 4 is 27.7 Å². The number of hydrogen-bond donors (Lipinski definition) is 2. The zero-order valence-electron chi connectivity index (χ0n) is 12.5. The van der Waals surface area contributed by atoms with Gasteiger partial charge in [0.15, 0.2) is 0 Å². The predicted octanol–water partition coefficient (Wildman–Crippen LogP) is 2.93. The maximum absolute atomic E-state index is 12.5. The summed E-state index contributed by atoms with van der Waals surface area (Å²) in [7, 11) is 0. The number of halogens is 1. The Hall–Kier alpha value is -1.36. The molecule has 1 aliphatic heterocycles. The number of carbonyl (C=O) groups is 2. The van der Waals surface area contributed by atoms with Crippen molar-refractivity contribution in [3.63, 3.8) is 0 Å². The Morgan fingerprint density at radius 1 is 1.23 bits per heavy atom. The lowest BCUT2D eigenvalue weighted by molar-refractivity contribution is -0.129. The van der Waals surface area contributed by atoms with Crippen molar-refractivity contribution in [2.45, 2.75) is 38.1 Å². The van der Waals surface area contributed by atoms with Gasteiger partial charge in [0.2, 0.25) is 11.8 Å². The summed E-state index contributed by atoms with van der Waals surface area (Å²) in [6.07, 6.45) is 4.68. The molecular weight excluding hydrogens is 344 g/mol. The smallest absolute Gasteiger partial charge is 0.225 e. The summed E-state index contributed by atoms with van der Waals surface area (Å²) >= 11 is 3.45. The fourth-order valence-corrected chi connectivity index (χ4v) is 3.41. The van der Waals surface area contributed by atoms with E-state index in [1.807, 2.05) is 12.1 Å². The lowest BCUT2D eigenvalue weighted by atomic mass is 9.77. The molecule has 5 heteroatoms. The molecule has 4 nitrogen and oxygen atoms in total. The van der Waals surface area contributed by atoms with Crippen LogP contribution in [0.15, 0.2) is 28.7 Å². The van der Waals surface area contributed by atoms with Gasteiger partial charge in [0.05, 0.1) is 12.0 Å². The normalized spacial score (nSPS) is 23.3. The fourth-order valence-electron chi connectivity index (χ4n) is 3.14. The minimum Gasteiger partial charge on any atom is -0.355 e. The van der Waals surface area contributed by atoms with Gasteiger partial charge in [0, 0.05) is 17.4 Å². The molecule has 0 aromatic heterocycles. The lowest BCUT2D eigenvalue weighted by Crippen LogP contribution is -2.45. The Morgan fingerprint density at radius 2 is 1.95 bits per heavy atom. The van der Waals surface area contributed by atoms with Crippen LogP contribution >= 0.6 is 15.9 Å². The summed E-state index contributed by atoms with van der Waals surface area (Å²) in [5.74, 6) is 0.548. The van der Waals surface area contributed by atoms with E-state index in [2.05, 4.69) is 38.7 Å². The summed E-state index contributed by atoms with van der Waals surface area (Å²) in [4.78, 5) is 23.8. The van der Waals surface area contributed by atoms with Crippen molar-refractivity contribution in [2.24, 2.45) is 11.8 Å². The molecule has 0 radical (unpaired) electrons. The quantitative estimate of drug-likeness (QED) is 0.862. The molecule has 1 saturated heterocycles. The molecule has 2 amide bonds. The van der Waals surface area contributed by atoms with Crippen molar-refractivity contribution in [3.05, 3.63) is 34.3 Å². The molecule has 2 fully saturated rings. The zero-order valence-corrected chi connectivity index (χ0v) is 14.1. The molecule has 1 saturated carbocycles. The molecule has 0 unspecified atom stereocenters. The number of carbonyl (C=O) groups excluding carboxylic acids is 2. The Balaban J connectivity index is 1.68. The minimum absolute atomic E-state index is 0.0486. The molecule has 1 aromatic carbocycles. The molecule has 0 bridgehead atoms. The molecule has 3 rings (SSSR count). The van der Waals surface area contributed by atoms with Crippen LogP contribution in [-0.4, -0.2) is 18.4 Å². The van der Waals surface area contributed by atoms with Crippen LogP contribution in [-0.2, 0) is 9.59 Å². The van der Waals surface area contributed by atoms with Gasteiger partial charge in [0.25, 0.3) is 0 Å². The van der Waals surface area contributed by atoms with Gasteiger partial charge in [0.1, 0.15) is 0 Å². The standard InChI is InChI=1S/C17H21BrN2O2/c18-14-7-4-12(5-8-14)16(11-2-1-3-11)20-17(22)13-6-9-15(21)19-10-13/h4-5,7-8,11,13,16H,1-3,6,9-10H2,(H,19,21)(H,20,22)/t13-,16+/m0/s1. The van der Waals surface area contributed by atoms with E-state index >= 15 is 0 Å². The van der Waals surface area contributed by atoms with Crippen LogP contribution < -0.4 is 10.6 Å². The van der Waals surface area contributed by atoms with Gasteiger partial charge in [-0.05, 0) is 42.9 Å². The predicted molar refractivity (Wildman–Crippen MR) is 88.1 cm³/mol. The highest BCUT2D eigenvalue weighted by Crippen LogP contribution is 2.38. The number of benzene rings is 1. The maximum Gasteiger partial charge on any atom is 0.225 e. The molecule has 2 atom stereocenters. The van der Waals surface area contributed by atoms with Gasteiger partial charge in [-0.15, -0.1) is 0 Å². The average Bonchev–Trinajstić information content (AvgIpc) is 2.46. The molecule has 1 heterocycles. The van der Waals surface area contributed by atoms with E-state index in [1.54, 1.807) is 0 Å². The van der Waals surface area contributed by atoms with E-state index in [0.29, 0.717) is 25.3 Å². The second-order valence-corrected chi connectivity index (χ2v) is 7.18. The first-order valence-electron chi connectivity index (χ1n) is 7.96. The highest BCUT2D eigenvalue weighted by molar-refractivity contribution is 9.10. The van der Waals surface area contributed by atoms with Crippen LogP contribution in [0.4, 0.5) is 0 Å². The highest BCUT2D eigenvalue weighted by atomic mass is 79.9. The van der Waals surface area contributed by atoms with Crippen molar-refractivity contribution < 1.29 is 9.59 Å². The van der Waals surface area contributed by atoms with Gasteiger partial charge in [-0.2, -0.15) is 0 Å². The van der Waals surface area contributed by atoms with E-state index in [0.717, 1.165) is 4.47 Å². The van der Waals surface area contributed by atoms with E-state index in [1.165, 1.54) is 24.8 Å². The van der Waals surface area contributed by atoms with Crippen LogP contribution in [0.25, 0.3) is 0 Å². The lowest BCUT2D eigenvalue weighted by Gasteiger charge is -2.36. The van der Waals surface area contributed by atoms with E-state index < -0.39 is 0 Å². The van der Waals surface area contributed by atoms with E-state index in [4.69, 9.17) is 0 Å². The summed E-state index contributed by atoms with van der Waals surface area (Å²) in [6.45, 7) is 0.461. The van der Waals surface area contributed by atoms with Gasteiger partial charge in [-0.1, -0.05) is 34.5 Å². The highest BCUT2D eigenvalue weighted by Gasteiger charge is 2.32. The van der Waals surface area contributed by atoms with Crippen molar-refractivity contribution in [2.75, 3.05) is 6.54 Å². The second kappa shape index (κ2) is 6.82. The number of amides is 2. The molecule has 22 heavy (non-hydrogen) atoms. The maximum atomic E-state index is 12.5. The summed E-state index contributed by atoms with van der Waals surface area (Å²) < 4.78 is 1.05. The van der Waals surface area contributed by atoms with Crippen LogP contribution in [0.2, 0.25) is 0 Å². The third kappa shape index (κ3) is 3.51. The Kier molecular flexibility index (Phi) is 4.81. The fraction of sp³-hybridized carbons (Fsp3) is 0.529. The first-order chi connectivity index (χ1) is 10.6. The van der Waals surface area contributed by atoms with Crippen molar-refractivity contribution in [1.82, 2.24) is 10.6 Å². The molecule has 2 N–H and O–H groups in total. The van der Waals surface area contributed by atoms with Gasteiger partial charge < -0.3 is 10.6 Å². The summed E-state index contributed by atoms with van der Waals surface area (Å²) in [5, 5.41) is 6.02. The van der Waals surface area contributed by atoms with Gasteiger partial charge >= 0.3 is 0 Å². The van der Waals surface area contributed by atoms with E-state index in [-0.39, 0.29) is 23.8 Å². The largest absolute Gasteiger partial charge is 0.355 e. The van der Waals surface area contributed by atoms with Gasteiger partial charge in [-0.3, -0.25) is 9.59 Å². The van der Waals surface area contributed by atoms with Crippen molar-refractivity contribution in [3.8, 4) is 0 Å².